The van der Waals surface area contributed by atoms with Crippen molar-refractivity contribution in [3.05, 3.63) is 23.8 Å². The topological polar surface area (TPSA) is 67.6 Å². The number of hydrogen-bond donors (Lipinski definition) is 2. The van der Waals surface area contributed by atoms with Crippen LogP contribution in [0.5, 0.6) is 5.75 Å². The lowest BCUT2D eigenvalue weighted by Gasteiger charge is -2.17. The van der Waals surface area contributed by atoms with Crippen LogP contribution in [0.1, 0.15) is 12.0 Å². The number of ether oxygens (including phenoxy) is 1. The number of rotatable bonds is 5. The lowest BCUT2D eigenvalue weighted by molar-refractivity contribution is -0.115. The fourth-order valence-electron chi connectivity index (χ4n) is 2.95. The van der Waals surface area contributed by atoms with Gasteiger partial charge < -0.3 is 15.8 Å². The Hall–Kier alpha value is -1.59. The maximum atomic E-state index is 11.4. The molecule has 20 heavy (non-hydrogen) atoms. The highest BCUT2D eigenvalue weighted by atomic mass is 16.5. The number of likely N-dealkylation sites (tertiary alicyclic amines) is 1. The van der Waals surface area contributed by atoms with Crippen molar-refractivity contribution in [3.63, 3.8) is 0 Å². The molecule has 0 spiro atoms. The lowest BCUT2D eigenvalue weighted by Crippen LogP contribution is -2.27. The van der Waals surface area contributed by atoms with E-state index in [4.69, 9.17) is 10.5 Å². The summed E-state index contributed by atoms with van der Waals surface area (Å²) >= 11 is 0. The quantitative estimate of drug-likeness (QED) is 0.835. The zero-order chi connectivity index (χ0) is 13.9. The number of fused-ring (bicyclic) bond motifs is 1. The van der Waals surface area contributed by atoms with E-state index in [-0.39, 0.29) is 5.91 Å². The molecule has 2 aliphatic heterocycles. The third kappa shape index (κ3) is 2.78. The lowest BCUT2D eigenvalue weighted by atomic mass is 10.1. The van der Waals surface area contributed by atoms with Crippen molar-refractivity contribution in [1.82, 2.24) is 4.90 Å². The summed E-state index contributed by atoms with van der Waals surface area (Å²) < 4.78 is 5.86. The van der Waals surface area contributed by atoms with Gasteiger partial charge in [0.15, 0.2) is 0 Å². The SMILES string of the molecule is NCC1CCN(CCOc2cccc3c2CC(=O)N3)C1. The van der Waals surface area contributed by atoms with E-state index < -0.39 is 0 Å². The first kappa shape index (κ1) is 13.4. The molecule has 5 nitrogen and oxygen atoms in total. The minimum atomic E-state index is 0.0429. The average molecular weight is 275 g/mol. The Morgan fingerprint density at radius 1 is 1.45 bits per heavy atom. The number of carbonyl (C=O) groups is 1. The van der Waals surface area contributed by atoms with Crippen LogP contribution in [0.4, 0.5) is 5.69 Å². The second-order valence-corrected chi connectivity index (χ2v) is 5.55. The average Bonchev–Trinajstić information content (AvgIpc) is 3.04. The van der Waals surface area contributed by atoms with Crippen LogP contribution >= 0.6 is 0 Å². The molecule has 0 aliphatic carbocycles. The van der Waals surface area contributed by atoms with Gasteiger partial charge in [0.05, 0.1) is 6.42 Å². The molecule has 108 valence electrons. The first-order valence-electron chi connectivity index (χ1n) is 7.23. The summed E-state index contributed by atoms with van der Waals surface area (Å²) in [5, 5.41) is 2.84. The van der Waals surface area contributed by atoms with E-state index in [0.717, 1.165) is 43.2 Å². The van der Waals surface area contributed by atoms with Crippen LogP contribution in [0.15, 0.2) is 18.2 Å². The van der Waals surface area contributed by atoms with Crippen molar-refractivity contribution in [1.29, 1.82) is 0 Å². The van der Waals surface area contributed by atoms with Gasteiger partial charge in [-0.25, -0.2) is 0 Å². The van der Waals surface area contributed by atoms with Crippen molar-refractivity contribution < 1.29 is 9.53 Å². The Morgan fingerprint density at radius 3 is 3.15 bits per heavy atom. The summed E-state index contributed by atoms with van der Waals surface area (Å²) in [6, 6.07) is 5.77. The molecular formula is C15H21N3O2. The monoisotopic (exact) mass is 275 g/mol. The molecule has 1 atom stereocenters. The molecule has 1 unspecified atom stereocenters. The molecular weight excluding hydrogens is 254 g/mol. The molecule has 1 saturated heterocycles. The van der Waals surface area contributed by atoms with E-state index in [2.05, 4.69) is 10.2 Å². The number of amides is 1. The molecule has 1 fully saturated rings. The maximum absolute atomic E-state index is 11.4. The van der Waals surface area contributed by atoms with Crippen molar-refractivity contribution in [3.8, 4) is 5.75 Å². The number of anilines is 1. The van der Waals surface area contributed by atoms with Gasteiger partial charge in [-0.05, 0) is 37.6 Å². The third-order valence-electron chi connectivity index (χ3n) is 4.11. The third-order valence-corrected chi connectivity index (χ3v) is 4.11. The number of nitrogens with two attached hydrogens (primary N) is 1. The number of nitrogens with zero attached hydrogens (tertiary/aromatic N) is 1. The van der Waals surface area contributed by atoms with Gasteiger partial charge in [-0.2, -0.15) is 0 Å². The van der Waals surface area contributed by atoms with E-state index in [1.807, 2.05) is 18.2 Å². The molecule has 1 amide bonds. The van der Waals surface area contributed by atoms with E-state index in [1.165, 1.54) is 6.42 Å². The number of benzene rings is 1. The van der Waals surface area contributed by atoms with E-state index in [0.29, 0.717) is 18.9 Å². The molecule has 0 aromatic heterocycles. The van der Waals surface area contributed by atoms with Crippen LogP contribution in [0, 0.1) is 5.92 Å². The first-order valence-corrected chi connectivity index (χ1v) is 7.23. The fourth-order valence-corrected chi connectivity index (χ4v) is 2.95. The van der Waals surface area contributed by atoms with Crippen molar-refractivity contribution in [2.45, 2.75) is 12.8 Å². The number of carbonyl (C=O) groups excluding carboxylic acids is 1. The molecule has 3 N–H and O–H groups in total. The number of nitrogens with one attached hydrogen (secondary N) is 1. The fraction of sp³-hybridized carbons (Fsp3) is 0.533. The Morgan fingerprint density at radius 2 is 2.35 bits per heavy atom. The summed E-state index contributed by atoms with van der Waals surface area (Å²) in [7, 11) is 0. The smallest absolute Gasteiger partial charge is 0.229 e. The van der Waals surface area contributed by atoms with Crippen LogP contribution in [-0.2, 0) is 11.2 Å². The minimum absolute atomic E-state index is 0.0429. The predicted octanol–water partition coefficient (Wildman–Crippen LogP) is 0.841. The zero-order valence-electron chi connectivity index (χ0n) is 11.6. The highest BCUT2D eigenvalue weighted by Gasteiger charge is 2.23. The van der Waals surface area contributed by atoms with Crippen molar-refractivity contribution in [2.75, 3.05) is 38.1 Å². The molecule has 2 aliphatic rings. The van der Waals surface area contributed by atoms with Crippen LogP contribution in [0.25, 0.3) is 0 Å². The Bertz CT molecular complexity index is 504. The standard InChI is InChI=1S/C15H21N3O2/c16-9-11-4-5-18(10-11)6-7-20-14-3-1-2-13-12(14)8-15(19)17-13/h1-3,11H,4-10,16H2,(H,17,19). The Balaban J connectivity index is 1.53. The van der Waals surface area contributed by atoms with Gasteiger partial charge in [0.2, 0.25) is 5.91 Å². The second-order valence-electron chi connectivity index (χ2n) is 5.55. The normalized spacial score (nSPS) is 21.9. The van der Waals surface area contributed by atoms with Gasteiger partial charge in [-0.3, -0.25) is 9.69 Å². The summed E-state index contributed by atoms with van der Waals surface area (Å²) in [6.07, 6.45) is 1.61. The van der Waals surface area contributed by atoms with Crippen LogP contribution in [0.2, 0.25) is 0 Å². The largest absolute Gasteiger partial charge is 0.492 e. The van der Waals surface area contributed by atoms with Gasteiger partial charge >= 0.3 is 0 Å². The van der Waals surface area contributed by atoms with Crippen molar-refractivity contribution >= 4 is 11.6 Å². The molecule has 2 heterocycles. The Labute approximate surface area is 119 Å². The summed E-state index contributed by atoms with van der Waals surface area (Å²) in [5.74, 6) is 1.51. The van der Waals surface area contributed by atoms with Gasteiger partial charge in [0, 0.05) is 24.3 Å². The summed E-state index contributed by atoms with van der Waals surface area (Å²) in [4.78, 5) is 13.8. The molecule has 5 heteroatoms. The molecule has 3 rings (SSSR count). The van der Waals surface area contributed by atoms with Gasteiger partial charge in [-0.15, -0.1) is 0 Å². The highest BCUT2D eigenvalue weighted by molar-refractivity contribution is 6.00. The van der Waals surface area contributed by atoms with Gasteiger partial charge in [0.1, 0.15) is 12.4 Å². The summed E-state index contributed by atoms with van der Waals surface area (Å²) in [5.41, 5.74) is 7.56. The second kappa shape index (κ2) is 5.81. The Kier molecular flexibility index (Phi) is 3.89. The number of hydrogen-bond acceptors (Lipinski definition) is 4. The molecule has 1 aromatic carbocycles. The van der Waals surface area contributed by atoms with Crippen LogP contribution in [-0.4, -0.2) is 43.6 Å². The highest BCUT2D eigenvalue weighted by Crippen LogP contribution is 2.31. The summed E-state index contributed by atoms with van der Waals surface area (Å²) in [6.45, 7) is 4.53. The van der Waals surface area contributed by atoms with E-state index >= 15 is 0 Å². The first-order chi connectivity index (χ1) is 9.76. The van der Waals surface area contributed by atoms with Crippen LogP contribution < -0.4 is 15.8 Å². The van der Waals surface area contributed by atoms with Gasteiger partial charge in [-0.1, -0.05) is 6.07 Å². The molecule has 1 aromatic rings. The van der Waals surface area contributed by atoms with E-state index in [1.54, 1.807) is 0 Å². The van der Waals surface area contributed by atoms with Gasteiger partial charge in [0.25, 0.3) is 0 Å². The van der Waals surface area contributed by atoms with E-state index in [9.17, 15) is 4.79 Å². The zero-order valence-corrected chi connectivity index (χ0v) is 11.6. The predicted molar refractivity (Wildman–Crippen MR) is 77.9 cm³/mol. The minimum Gasteiger partial charge on any atom is -0.492 e. The molecule has 0 radical (unpaired) electrons. The molecule has 0 bridgehead atoms. The maximum Gasteiger partial charge on any atom is 0.229 e. The molecule has 0 saturated carbocycles. The van der Waals surface area contributed by atoms with Crippen LogP contribution in [0.3, 0.4) is 0 Å². The van der Waals surface area contributed by atoms with Crippen molar-refractivity contribution in [2.24, 2.45) is 11.7 Å².